The molecule has 4 aliphatic carbocycles. The predicted octanol–water partition coefficient (Wildman–Crippen LogP) is 4.07. The van der Waals surface area contributed by atoms with Crippen LogP contribution in [0.15, 0.2) is 11.6 Å². The number of carbonyl (C=O) groups is 2. The van der Waals surface area contributed by atoms with Gasteiger partial charge in [0.1, 0.15) is 11.9 Å². The molecule has 4 rings (SSSR count). The number of Topliss-reactive ketones (excluding diaryl/α,β-unsaturated/α-hetero) is 1. The Morgan fingerprint density at radius 3 is 2.50 bits per heavy atom. The quantitative estimate of drug-likeness (QED) is 0.550. The van der Waals surface area contributed by atoms with Crippen LogP contribution in [0.1, 0.15) is 65.7 Å². The molecular weight excluding hydrogens is 328 g/mol. The van der Waals surface area contributed by atoms with Crippen molar-refractivity contribution in [1.29, 1.82) is 0 Å². The highest BCUT2D eigenvalue weighted by atomic mass is 16.5. The maximum atomic E-state index is 12.6. The molecule has 0 heterocycles. The molecule has 0 spiro atoms. The van der Waals surface area contributed by atoms with Crippen molar-refractivity contribution in [2.75, 3.05) is 7.11 Å². The molecule has 0 saturated heterocycles. The van der Waals surface area contributed by atoms with Crippen molar-refractivity contribution in [3.05, 3.63) is 11.6 Å². The number of fused-ring (bicyclic) bond motifs is 5. The number of methoxy groups -OCH3 is 1. The van der Waals surface area contributed by atoms with E-state index in [4.69, 9.17) is 9.47 Å². The average molecular weight is 360 g/mol. The normalized spacial score (nSPS) is 47.5. The monoisotopic (exact) mass is 360 g/mol. The van der Waals surface area contributed by atoms with Gasteiger partial charge in [-0.3, -0.25) is 9.59 Å². The first-order valence-electron chi connectivity index (χ1n) is 10.2. The van der Waals surface area contributed by atoms with Gasteiger partial charge in [0.15, 0.2) is 0 Å². The first kappa shape index (κ1) is 18.2. The first-order chi connectivity index (χ1) is 12.3. The Kier molecular flexibility index (Phi) is 4.33. The van der Waals surface area contributed by atoms with Crippen molar-refractivity contribution in [2.24, 2.45) is 28.6 Å². The zero-order valence-corrected chi connectivity index (χ0v) is 16.5. The van der Waals surface area contributed by atoms with E-state index in [-0.39, 0.29) is 29.0 Å². The van der Waals surface area contributed by atoms with Gasteiger partial charge in [-0.1, -0.05) is 25.5 Å². The lowest BCUT2D eigenvalue weighted by molar-refractivity contribution is -0.149. The molecule has 0 aromatic heterocycles. The van der Waals surface area contributed by atoms with Crippen LogP contribution in [-0.4, -0.2) is 31.1 Å². The van der Waals surface area contributed by atoms with E-state index in [1.807, 2.05) is 0 Å². The molecule has 0 aromatic carbocycles. The van der Waals surface area contributed by atoms with Crippen LogP contribution in [0.4, 0.5) is 0 Å². The zero-order chi connectivity index (χ0) is 18.7. The summed E-state index contributed by atoms with van der Waals surface area (Å²) in [5.74, 6) is 1.72. The average Bonchev–Trinajstić information content (AvgIpc) is 2.89. The number of carbonyl (C=O) groups excluding carboxylic acids is 2. The van der Waals surface area contributed by atoms with Gasteiger partial charge in [0.05, 0.1) is 6.10 Å². The Hall–Kier alpha value is -1.16. The summed E-state index contributed by atoms with van der Waals surface area (Å²) in [6, 6.07) is 0. The summed E-state index contributed by atoms with van der Waals surface area (Å²) in [5.41, 5.74) is 1.42. The van der Waals surface area contributed by atoms with Gasteiger partial charge in [0, 0.05) is 32.3 Å². The van der Waals surface area contributed by atoms with Gasteiger partial charge in [-0.25, -0.2) is 0 Å². The van der Waals surface area contributed by atoms with Crippen molar-refractivity contribution in [2.45, 2.75) is 77.9 Å². The number of hydrogen-bond acceptors (Lipinski definition) is 4. The summed E-state index contributed by atoms with van der Waals surface area (Å²) in [5, 5.41) is 0. The Morgan fingerprint density at radius 2 is 1.81 bits per heavy atom. The lowest BCUT2D eigenvalue weighted by atomic mass is 9.47. The topological polar surface area (TPSA) is 52.6 Å². The third-order valence-electron chi connectivity index (χ3n) is 8.38. The molecular formula is C22H32O4. The highest BCUT2D eigenvalue weighted by molar-refractivity contribution is 5.87. The summed E-state index contributed by atoms with van der Waals surface area (Å²) in [6.45, 7) is 6.11. The van der Waals surface area contributed by atoms with Crippen LogP contribution in [0.5, 0.6) is 0 Å². The van der Waals surface area contributed by atoms with Crippen LogP contribution in [-0.2, 0) is 19.1 Å². The molecule has 26 heavy (non-hydrogen) atoms. The van der Waals surface area contributed by atoms with E-state index in [0.29, 0.717) is 23.5 Å². The van der Waals surface area contributed by atoms with E-state index in [9.17, 15) is 9.59 Å². The lowest BCUT2D eigenvalue weighted by Gasteiger charge is -2.58. The van der Waals surface area contributed by atoms with Crippen molar-refractivity contribution in [3.8, 4) is 0 Å². The van der Waals surface area contributed by atoms with E-state index in [0.717, 1.165) is 44.9 Å². The number of ether oxygens (including phenoxy) is 2. The largest absolute Gasteiger partial charge is 0.462 e. The van der Waals surface area contributed by atoms with Gasteiger partial charge in [-0.15, -0.1) is 0 Å². The lowest BCUT2D eigenvalue weighted by Crippen LogP contribution is -2.55. The molecule has 4 heteroatoms. The minimum atomic E-state index is -0.186. The van der Waals surface area contributed by atoms with E-state index >= 15 is 0 Å². The summed E-state index contributed by atoms with van der Waals surface area (Å²) in [7, 11) is 1.80. The van der Waals surface area contributed by atoms with Crippen molar-refractivity contribution < 1.29 is 19.1 Å². The SMILES string of the molecule is CO[C@@H]1C=C2C[C@@H](OC(C)=O)CC[C@]2(C)C2CC[C@]3(C)C(=O)CCC3C21. The second-order valence-corrected chi connectivity index (χ2v) is 9.49. The van der Waals surface area contributed by atoms with Gasteiger partial charge in [0.2, 0.25) is 0 Å². The van der Waals surface area contributed by atoms with Gasteiger partial charge in [-0.2, -0.15) is 0 Å². The summed E-state index contributed by atoms with van der Waals surface area (Å²) < 4.78 is 11.5. The fourth-order valence-electron chi connectivity index (χ4n) is 6.92. The fraction of sp³-hybridized carbons (Fsp3) is 0.818. The van der Waals surface area contributed by atoms with E-state index < -0.39 is 0 Å². The molecule has 4 nitrogen and oxygen atoms in total. The summed E-state index contributed by atoms with van der Waals surface area (Å²) >= 11 is 0. The molecule has 0 radical (unpaired) electrons. The van der Waals surface area contributed by atoms with Crippen LogP contribution in [0.3, 0.4) is 0 Å². The molecule has 144 valence electrons. The van der Waals surface area contributed by atoms with Crippen LogP contribution in [0.25, 0.3) is 0 Å². The Balaban J connectivity index is 1.68. The van der Waals surface area contributed by atoms with E-state index in [2.05, 4.69) is 19.9 Å². The number of hydrogen-bond donors (Lipinski definition) is 0. The fourth-order valence-corrected chi connectivity index (χ4v) is 6.92. The third-order valence-corrected chi connectivity index (χ3v) is 8.38. The molecule has 0 bridgehead atoms. The maximum absolute atomic E-state index is 12.6. The smallest absolute Gasteiger partial charge is 0.302 e. The number of rotatable bonds is 2. The van der Waals surface area contributed by atoms with Gasteiger partial charge in [0.25, 0.3) is 0 Å². The Bertz CT molecular complexity index is 653. The van der Waals surface area contributed by atoms with E-state index in [1.165, 1.54) is 12.5 Å². The summed E-state index contributed by atoms with van der Waals surface area (Å²) in [4.78, 5) is 24.0. The van der Waals surface area contributed by atoms with Crippen molar-refractivity contribution >= 4 is 11.8 Å². The Morgan fingerprint density at radius 1 is 1.12 bits per heavy atom. The molecule has 3 saturated carbocycles. The first-order valence-corrected chi connectivity index (χ1v) is 10.2. The van der Waals surface area contributed by atoms with Crippen LogP contribution in [0.2, 0.25) is 0 Å². The zero-order valence-electron chi connectivity index (χ0n) is 16.5. The molecule has 0 amide bonds. The van der Waals surface area contributed by atoms with E-state index in [1.54, 1.807) is 7.11 Å². The molecule has 3 unspecified atom stereocenters. The predicted molar refractivity (Wildman–Crippen MR) is 98.4 cm³/mol. The molecule has 0 aromatic rings. The molecule has 0 N–H and O–H groups in total. The van der Waals surface area contributed by atoms with Gasteiger partial charge < -0.3 is 9.47 Å². The molecule has 3 fully saturated rings. The minimum Gasteiger partial charge on any atom is -0.462 e. The number of ketones is 1. The highest BCUT2D eigenvalue weighted by Gasteiger charge is 2.61. The highest BCUT2D eigenvalue weighted by Crippen LogP contribution is 2.64. The molecule has 7 atom stereocenters. The van der Waals surface area contributed by atoms with Crippen molar-refractivity contribution in [3.63, 3.8) is 0 Å². The second kappa shape index (κ2) is 6.19. The van der Waals surface area contributed by atoms with Crippen molar-refractivity contribution in [1.82, 2.24) is 0 Å². The summed E-state index contributed by atoms with van der Waals surface area (Å²) in [6.07, 6.45) is 9.12. The second-order valence-electron chi connectivity index (χ2n) is 9.49. The van der Waals surface area contributed by atoms with Gasteiger partial charge in [-0.05, 0) is 55.3 Å². The molecule has 0 aliphatic heterocycles. The van der Waals surface area contributed by atoms with Crippen LogP contribution >= 0.6 is 0 Å². The number of esters is 1. The Labute approximate surface area is 156 Å². The van der Waals surface area contributed by atoms with Crippen LogP contribution in [0, 0.1) is 28.6 Å². The van der Waals surface area contributed by atoms with Gasteiger partial charge >= 0.3 is 5.97 Å². The third kappa shape index (κ3) is 2.51. The minimum absolute atomic E-state index is 0.00259. The standard InChI is InChI=1S/C22H32O4/c1-13(23)26-15-7-9-21(2)14(11-15)12-18(25-4)20-16-5-6-19(24)22(16,3)10-8-17(20)21/h12,15-18,20H,5-11H2,1-4H3/t15-,16?,17?,18+,20?,21-,22-/m0/s1. The maximum Gasteiger partial charge on any atom is 0.302 e. The molecule has 4 aliphatic rings. The van der Waals surface area contributed by atoms with Crippen LogP contribution < -0.4 is 0 Å².